The summed E-state index contributed by atoms with van der Waals surface area (Å²) in [4.78, 5) is 138. The zero-order valence-electron chi connectivity index (χ0n) is 70.6. The van der Waals surface area contributed by atoms with Crippen LogP contribution in [-0.2, 0) is 44.9 Å². The molecule has 4 aromatic carbocycles. The Morgan fingerprint density at radius 1 is 0.358 bits per heavy atom. The van der Waals surface area contributed by atoms with Gasteiger partial charge in [-0.05, 0) is 160 Å². The van der Waals surface area contributed by atoms with E-state index in [2.05, 4.69) is 39.9 Å². The van der Waals surface area contributed by atoms with Crippen LogP contribution >= 0.6 is 46.4 Å². The predicted molar refractivity (Wildman–Crippen MR) is 486 cm³/mol. The number of amides is 4. The highest BCUT2D eigenvalue weighted by Crippen LogP contribution is 2.37. The predicted octanol–water partition coefficient (Wildman–Crippen LogP) is 20.6. The molecule has 8 heterocycles. The third kappa shape index (κ3) is 26.2. The van der Waals surface area contributed by atoms with Crippen LogP contribution in [0.15, 0.2) is 207 Å². The summed E-state index contributed by atoms with van der Waals surface area (Å²) >= 11 is 25.8. The van der Waals surface area contributed by atoms with Crippen molar-refractivity contribution in [2.45, 2.75) is 126 Å². The second kappa shape index (κ2) is 45.3. The zero-order chi connectivity index (χ0) is 89.1. The van der Waals surface area contributed by atoms with Gasteiger partial charge in [-0.1, -0.05) is 147 Å². The SMILES string of the molecule is CCC(=O)N(C)c1ccc(-c2ccc(C(=O)CCc3ccc(C)nc3C)nc2)c(Cl)c1.CCC(=O)N(C)c1ccc(-c2ccc(C(=O)CCc3ccc(F)nc3C)nc2)c(Cl)c1.CCC(=O)N(C)c1ccc(-c2ccc(C(=O)CCc3ccc(N)nc3)nc2)c(Cl)c1.CCC(=O)N(C)c1ccc(-c2ccc(C(=O)CCc3ccc(OC)nc3)nc2)c(Cl)c1. The third-order valence-electron chi connectivity index (χ3n) is 20.4. The van der Waals surface area contributed by atoms with Crippen molar-refractivity contribution >= 4 is 122 Å². The van der Waals surface area contributed by atoms with Gasteiger partial charge in [0.25, 0.3) is 0 Å². The molecule has 0 bridgehead atoms. The van der Waals surface area contributed by atoms with Crippen molar-refractivity contribution in [1.29, 1.82) is 0 Å². The van der Waals surface area contributed by atoms with Crippen molar-refractivity contribution < 1.29 is 47.5 Å². The minimum Gasteiger partial charge on any atom is -0.481 e. The third-order valence-corrected chi connectivity index (χ3v) is 21.6. The van der Waals surface area contributed by atoms with E-state index in [1.165, 1.54) is 6.07 Å². The van der Waals surface area contributed by atoms with Gasteiger partial charge in [0, 0.05) is 207 Å². The Morgan fingerprint density at radius 3 is 0.927 bits per heavy atom. The molecule has 0 radical (unpaired) electrons. The van der Waals surface area contributed by atoms with E-state index in [0.29, 0.717) is 137 Å². The number of carbonyl (C=O) groups excluding carboxylic acids is 8. The molecule has 0 unspecified atom stereocenters. The van der Waals surface area contributed by atoms with E-state index in [1.54, 1.807) is 179 Å². The second-order valence-corrected chi connectivity index (χ2v) is 30.3. The van der Waals surface area contributed by atoms with Gasteiger partial charge in [-0.15, -0.1) is 0 Å². The number of aromatic nitrogens is 8. The number of Topliss-reactive ketones (excluding diaryl/α,β-unsaturated/α-hetero) is 4. The van der Waals surface area contributed by atoms with Gasteiger partial charge in [0.1, 0.15) is 28.6 Å². The molecule has 0 aliphatic carbocycles. The van der Waals surface area contributed by atoms with Crippen LogP contribution in [-0.4, -0.2) is 122 Å². The molecule has 0 spiro atoms. The molecule has 4 amide bonds. The number of methoxy groups -OCH3 is 1. The van der Waals surface area contributed by atoms with Gasteiger partial charge in [0.2, 0.25) is 35.5 Å². The summed E-state index contributed by atoms with van der Waals surface area (Å²) in [5, 5.41) is 2.05. The molecule has 8 aromatic heterocycles. The van der Waals surface area contributed by atoms with Crippen molar-refractivity contribution in [3.63, 3.8) is 0 Å². The minimum absolute atomic E-state index is 0.0000362. The summed E-state index contributed by atoms with van der Waals surface area (Å²) in [7, 11) is 8.45. The number of ketones is 4. The van der Waals surface area contributed by atoms with Crippen LogP contribution in [0.25, 0.3) is 44.5 Å². The van der Waals surface area contributed by atoms with Crippen LogP contribution in [0.2, 0.25) is 20.1 Å². The fourth-order valence-electron chi connectivity index (χ4n) is 12.8. The normalized spacial score (nSPS) is 10.7. The molecule has 22 nitrogen and oxygen atoms in total. The fraction of sp³-hybridized carbons (Fsp3) is 0.250. The lowest BCUT2D eigenvalue weighted by atomic mass is 10.0. The van der Waals surface area contributed by atoms with Crippen molar-refractivity contribution in [3.8, 4) is 50.4 Å². The van der Waals surface area contributed by atoms with Gasteiger partial charge < -0.3 is 30.1 Å². The first-order valence-corrected chi connectivity index (χ1v) is 41.4. The Hall–Kier alpha value is -12.7. The van der Waals surface area contributed by atoms with E-state index in [-0.39, 0.29) is 53.2 Å². The molecule has 0 saturated carbocycles. The fourth-order valence-corrected chi connectivity index (χ4v) is 13.9. The lowest BCUT2D eigenvalue weighted by molar-refractivity contribution is -0.118. The summed E-state index contributed by atoms with van der Waals surface area (Å²) in [6.07, 6.45) is 15.2. The smallest absolute Gasteiger partial charge is 0.226 e. The first-order valence-electron chi connectivity index (χ1n) is 39.9. The number of halogens is 5. The minimum atomic E-state index is -0.528. The number of carbonyl (C=O) groups is 8. The van der Waals surface area contributed by atoms with Gasteiger partial charge in [0.05, 0.1) is 27.2 Å². The van der Waals surface area contributed by atoms with Crippen LogP contribution in [0, 0.1) is 26.7 Å². The Balaban J connectivity index is 0.000000186. The second-order valence-electron chi connectivity index (χ2n) is 28.7. The van der Waals surface area contributed by atoms with Gasteiger partial charge in [0.15, 0.2) is 23.1 Å². The standard InChI is InChI=1S/C25H26ClN3O2.C24H23ClFN3O2.C24H24ClN3O3.C23H23ClN4O2/c1-5-25(31)29(4)20-10-11-21(22(26)14-20)19-8-12-23(27-15-19)24(30)13-9-18-7-6-16(2)28-17(18)3;1-4-24(31)29(3)18-8-9-19(20(25)13-18)17-5-10-21(27-14-17)22(30)11-6-16-7-12-23(26)28-15(16)2;1-4-24(30)28(2)18-8-9-19(20(25)13-18)17-7-10-21(26-15-17)22(29)11-5-16-6-12-23(31-3)27-14-16;1-3-23(30)28(2)17-7-8-18(19(24)12-17)16-6-9-20(26-14-16)21(29)10-4-15-5-11-22(25)27-13-15/h6-8,10-12,14-15H,5,9,13H2,1-4H3;5,7-10,12-14H,4,6,11H2,1-3H3;6-10,12-15H,4-5,11H2,1-3H3;5-9,11-14H,3-4,10H2,1-2H3,(H2,25,27). The topological polar surface area (TPSA) is 288 Å². The van der Waals surface area contributed by atoms with Gasteiger partial charge in [-0.3, -0.25) is 63.3 Å². The molecule has 27 heteroatoms. The molecule has 0 aliphatic rings. The Kier molecular flexibility index (Phi) is 34.7. The maximum atomic E-state index is 13.1. The number of aryl methyl sites for hydroxylation is 7. The molecule has 123 heavy (non-hydrogen) atoms. The van der Waals surface area contributed by atoms with Crippen LogP contribution in [0.3, 0.4) is 0 Å². The number of anilines is 5. The highest BCUT2D eigenvalue weighted by molar-refractivity contribution is 6.35. The average molecular weight is 1740 g/mol. The Labute approximate surface area is 736 Å². The molecule has 0 atom stereocenters. The van der Waals surface area contributed by atoms with Crippen LogP contribution in [0.4, 0.5) is 33.0 Å². The monoisotopic (exact) mass is 1730 g/mol. The van der Waals surface area contributed by atoms with Crippen molar-refractivity contribution in [2.75, 3.05) is 60.6 Å². The summed E-state index contributed by atoms with van der Waals surface area (Å²) in [5.74, 6) is 0.328. The first-order chi connectivity index (χ1) is 58.9. The van der Waals surface area contributed by atoms with E-state index in [1.807, 2.05) is 126 Å². The largest absolute Gasteiger partial charge is 0.481 e. The molecule has 0 fully saturated rings. The van der Waals surface area contributed by atoms with Gasteiger partial charge in [-0.25, -0.2) is 15.0 Å². The molecule has 0 aliphatic heterocycles. The van der Waals surface area contributed by atoms with Crippen molar-refractivity contribution in [1.82, 2.24) is 39.9 Å². The average Bonchev–Trinajstić information content (AvgIpc) is 0.825. The van der Waals surface area contributed by atoms with E-state index in [9.17, 15) is 42.7 Å². The zero-order valence-corrected chi connectivity index (χ0v) is 73.6. The molecular weight excluding hydrogens is 1640 g/mol. The lowest BCUT2D eigenvalue weighted by Crippen LogP contribution is -2.24. The molecule has 0 saturated heterocycles. The van der Waals surface area contributed by atoms with Crippen LogP contribution < -0.4 is 30.1 Å². The van der Waals surface area contributed by atoms with Gasteiger partial charge in [-0.2, -0.15) is 4.39 Å². The summed E-state index contributed by atoms with van der Waals surface area (Å²) in [6.45, 7) is 12.9. The summed E-state index contributed by atoms with van der Waals surface area (Å²) in [5.41, 5.74) is 22.8. The first kappa shape index (κ1) is 94.2. The van der Waals surface area contributed by atoms with E-state index < -0.39 is 5.95 Å². The number of benzene rings is 4. The number of hydrogen-bond donors (Lipinski definition) is 1. The van der Waals surface area contributed by atoms with E-state index >= 15 is 0 Å². The highest BCUT2D eigenvalue weighted by Gasteiger charge is 2.21. The van der Waals surface area contributed by atoms with E-state index in [4.69, 9.17) is 56.9 Å². The molecular formula is C96H96Cl4FN13O9. The van der Waals surface area contributed by atoms with Crippen LogP contribution in [0.5, 0.6) is 5.88 Å². The quantitative estimate of drug-likeness (QED) is 0.0336. The highest BCUT2D eigenvalue weighted by atomic mass is 35.5. The maximum absolute atomic E-state index is 13.1. The number of nitrogens with two attached hydrogens (primary N) is 1. The number of hydrogen-bond acceptors (Lipinski definition) is 18. The lowest BCUT2D eigenvalue weighted by Gasteiger charge is -2.17. The van der Waals surface area contributed by atoms with Gasteiger partial charge >= 0.3 is 0 Å². The van der Waals surface area contributed by atoms with Crippen molar-refractivity contribution in [3.05, 3.63) is 295 Å². The molecule has 12 aromatic rings. The number of ether oxygens (including phenoxy) is 1. The Bertz CT molecular complexity index is 5570. The summed E-state index contributed by atoms with van der Waals surface area (Å²) in [6, 6.07) is 50.1. The maximum Gasteiger partial charge on any atom is 0.226 e. The molecule has 634 valence electrons. The number of nitrogens with zero attached hydrogens (tertiary/aromatic N) is 12. The Morgan fingerprint density at radius 2 is 0.667 bits per heavy atom. The number of nitrogen functional groups attached to an aromatic ring is 1. The van der Waals surface area contributed by atoms with Crippen LogP contribution in [0.1, 0.15) is 160 Å². The molecule has 2 N–H and O–H groups in total. The van der Waals surface area contributed by atoms with Crippen molar-refractivity contribution in [2.24, 2.45) is 0 Å². The number of pyridine rings is 8. The molecule has 12 rings (SSSR count). The summed E-state index contributed by atoms with van der Waals surface area (Å²) < 4.78 is 18.2. The number of rotatable bonds is 29. The van der Waals surface area contributed by atoms with E-state index in [0.717, 1.165) is 95.2 Å².